The number of ketones is 1. The van der Waals surface area contributed by atoms with Crippen LogP contribution < -0.4 is 10.6 Å². The predicted molar refractivity (Wildman–Crippen MR) is 107 cm³/mol. The average molecular weight is 392 g/mol. The van der Waals surface area contributed by atoms with Gasteiger partial charge in [0.1, 0.15) is 19.3 Å². The van der Waals surface area contributed by atoms with Crippen molar-refractivity contribution in [1.29, 1.82) is 0 Å². The minimum absolute atomic E-state index is 0.108. The van der Waals surface area contributed by atoms with E-state index in [-0.39, 0.29) is 6.61 Å². The number of alkyl carbamates (subject to hydrolysis) is 1. The van der Waals surface area contributed by atoms with Gasteiger partial charge in [-0.15, -0.1) is 0 Å². The second-order valence-electron chi connectivity index (χ2n) is 6.73. The van der Waals surface area contributed by atoms with Crippen LogP contribution in [0.1, 0.15) is 57.9 Å². The van der Waals surface area contributed by atoms with Crippen LogP contribution in [0.15, 0.2) is 30.3 Å². The molecule has 7 nitrogen and oxygen atoms in total. The number of carbonyl (C=O) groups excluding carboxylic acids is 3. The number of hydrogen-bond donors (Lipinski definition) is 3. The summed E-state index contributed by atoms with van der Waals surface area (Å²) >= 11 is 0. The number of Topliss-reactive ketones (excluding diaryl/α,β-unsaturated/α-hetero) is 1. The molecule has 0 aromatic heterocycles. The van der Waals surface area contributed by atoms with Crippen LogP contribution in [0.5, 0.6) is 0 Å². The van der Waals surface area contributed by atoms with Crippen molar-refractivity contribution in [3.8, 4) is 0 Å². The number of unbranched alkanes of at least 4 members (excludes halogenated alkanes) is 2. The summed E-state index contributed by atoms with van der Waals surface area (Å²) in [6.07, 6.45) is 3.44. The molecule has 2 atom stereocenters. The Morgan fingerprint density at radius 2 is 1.57 bits per heavy atom. The van der Waals surface area contributed by atoms with Crippen molar-refractivity contribution in [3.05, 3.63) is 35.9 Å². The van der Waals surface area contributed by atoms with E-state index in [0.29, 0.717) is 12.8 Å². The molecule has 1 aromatic carbocycles. The molecule has 0 radical (unpaired) electrons. The van der Waals surface area contributed by atoms with Gasteiger partial charge in [0.15, 0.2) is 5.78 Å². The molecule has 3 N–H and O–H groups in total. The molecule has 0 spiro atoms. The van der Waals surface area contributed by atoms with Gasteiger partial charge >= 0.3 is 6.09 Å². The van der Waals surface area contributed by atoms with Crippen LogP contribution in [0.2, 0.25) is 0 Å². The maximum absolute atomic E-state index is 12.6. The lowest BCUT2D eigenvalue weighted by Gasteiger charge is -2.22. The van der Waals surface area contributed by atoms with Crippen molar-refractivity contribution in [3.63, 3.8) is 0 Å². The number of nitrogens with one attached hydrogen (secondary N) is 2. The number of benzene rings is 1. The van der Waals surface area contributed by atoms with E-state index in [0.717, 1.165) is 31.2 Å². The van der Waals surface area contributed by atoms with E-state index in [1.807, 2.05) is 44.2 Å². The molecule has 0 aliphatic rings. The highest BCUT2D eigenvalue weighted by molar-refractivity contribution is 5.92. The van der Waals surface area contributed by atoms with Gasteiger partial charge in [-0.2, -0.15) is 0 Å². The van der Waals surface area contributed by atoms with Gasteiger partial charge in [-0.25, -0.2) is 4.79 Å². The highest BCUT2D eigenvalue weighted by Gasteiger charge is 2.26. The first-order valence-corrected chi connectivity index (χ1v) is 9.92. The fourth-order valence-corrected chi connectivity index (χ4v) is 2.69. The van der Waals surface area contributed by atoms with Crippen molar-refractivity contribution in [1.82, 2.24) is 10.6 Å². The first-order valence-electron chi connectivity index (χ1n) is 9.92. The third kappa shape index (κ3) is 8.99. The molecule has 0 saturated heterocycles. The van der Waals surface area contributed by atoms with Gasteiger partial charge < -0.3 is 20.5 Å². The van der Waals surface area contributed by atoms with Gasteiger partial charge in [0.25, 0.3) is 0 Å². The van der Waals surface area contributed by atoms with Crippen molar-refractivity contribution in [2.75, 3.05) is 6.61 Å². The molecule has 1 rings (SSSR count). The third-order valence-corrected chi connectivity index (χ3v) is 4.38. The van der Waals surface area contributed by atoms with Crippen LogP contribution in [-0.4, -0.2) is 41.6 Å². The van der Waals surface area contributed by atoms with Gasteiger partial charge in [0.2, 0.25) is 5.91 Å². The zero-order valence-corrected chi connectivity index (χ0v) is 16.8. The molecule has 28 heavy (non-hydrogen) atoms. The lowest BCUT2D eigenvalue weighted by molar-refractivity contribution is -0.130. The van der Waals surface area contributed by atoms with Gasteiger partial charge in [-0.3, -0.25) is 9.59 Å². The average Bonchev–Trinajstić information content (AvgIpc) is 2.72. The zero-order chi connectivity index (χ0) is 20.8. The Morgan fingerprint density at radius 1 is 0.964 bits per heavy atom. The summed E-state index contributed by atoms with van der Waals surface area (Å²) in [5.41, 5.74) is 0.848. The van der Waals surface area contributed by atoms with Crippen LogP contribution in [0.25, 0.3) is 0 Å². The van der Waals surface area contributed by atoms with Gasteiger partial charge in [0, 0.05) is 0 Å². The van der Waals surface area contributed by atoms with Crippen molar-refractivity contribution >= 4 is 17.8 Å². The first-order chi connectivity index (χ1) is 13.5. The van der Waals surface area contributed by atoms with Crippen LogP contribution in [0.4, 0.5) is 4.79 Å². The number of ether oxygens (including phenoxy) is 1. The molecule has 156 valence electrons. The van der Waals surface area contributed by atoms with E-state index in [2.05, 4.69) is 10.6 Å². The third-order valence-electron chi connectivity index (χ3n) is 4.38. The number of carbonyl (C=O) groups is 3. The number of amides is 2. The number of aliphatic hydroxyl groups is 1. The van der Waals surface area contributed by atoms with Gasteiger partial charge in [-0.1, -0.05) is 69.9 Å². The quantitative estimate of drug-likeness (QED) is 0.479. The van der Waals surface area contributed by atoms with Crippen molar-refractivity contribution < 1.29 is 24.2 Å². The summed E-state index contributed by atoms with van der Waals surface area (Å²) in [7, 11) is 0. The molecule has 0 heterocycles. The minimum atomic E-state index is -0.793. The van der Waals surface area contributed by atoms with Crippen LogP contribution in [-0.2, 0) is 20.9 Å². The monoisotopic (exact) mass is 392 g/mol. The summed E-state index contributed by atoms with van der Waals surface area (Å²) < 4.78 is 5.19. The van der Waals surface area contributed by atoms with Crippen LogP contribution in [0, 0.1) is 0 Å². The molecule has 0 aliphatic carbocycles. The van der Waals surface area contributed by atoms with Gasteiger partial charge in [0.05, 0.1) is 6.04 Å². The Kier molecular flexibility index (Phi) is 11.6. The molecule has 1 aromatic rings. The summed E-state index contributed by atoms with van der Waals surface area (Å²) in [5, 5.41) is 14.4. The van der Waals surface area contributed by atoms with Crippen LogP contribution in [0.3, 0.4) is 0 Å². The zero-order valence-electron chi connectivity index (χ0n) is 16.8. The fourth-order valence-electron chi connectivity index (χ4n) is 2.69. The summed E-state index contributed by atoms with van der Waals surface area (Å²) in [6.45, 7) is 3.45. The number of rotatable bonds is 13. The fraction of sp³-hybridized carbons (Fsp3) is 0.571. The predicted octanol–water partition coefficient (Wildman–Crippen LogP) is 2.71. The molecule has 7 heteroatoms. The Bertz CT molecular complexity index is 606. The highest BCUT2D eigenvalue weighted by Crippen LogP contribution is 2.07. The normalized spacial score (nSPS) is 12.7. The van der Waals surface area contributed by atoms with Crippen molar-refractivity contribution in [2.45, 2.75) is 71.1 Å². The minimum Gasteiger partial charge on any atom is -0.445 e. The Balaban J connectivity index is 2.66. The Morgan fingerprint density at radius 3 is 2.14 bits per heavy atom. The smallest absolute Gasteiger partial charge is 0.408 e. The second kappa shape index (κ2) is 13.7. The van der Waals surface area contributed by atoms with E-state index in [1.54, 1.807) is 0 Å². The summed E-state index contributed by atoms with van der Waals surface area (Å²) in [5.74, 6) is -0.865. The molecular weight excluding hydrogens is 360 g/mol. The maximum Gasteiger partial charge on any atom is 0.408 e. The van der Waals surface area contributed by atoms with E-state index in [9.17, 15) is 14.4 Å². The van der Waals surface area contributed by atoms with Gasteiger partial charge in [-0.05, 0) is 18.4 Å². The largest absolute Gasteiger partial charge is 0.445 e. The highest BCUT2D eigenvalue weighted by atomic mass is 16.5. The number of aliphatic hydroxyl groups excluding tert-OH is 1. The van der Waals surface area contributed by atoms with Crippen LogP contribution >= 0.6 is 0 Å². The van der Waals surface area contributed by atoms with E-state index < -0.39 is 36.5 Å². The Hall–Kier alpha value is -2.41. The summed E-state index contributed by atoms with van der Waals surface area (Å²) in [6, 6.07) is 7.71. The first kappa shape index (κ1) is 23.6. The summed E-state index contributed by atoms with van der Waals surface area (Å²) in [4.78, 5) is 36.7. The van der Waals surface area contributed by atoms with E-state index >= 15 is 0 Å². The second-order valence-corrected chi connectivity index (χ2v) is 6.73. The molecule has 2 amide bonds. The molecule has 0 bridgehead atoms. The molecule has 0 fully saturated rings. The van der Waals surface area contributed by atoms with E-state index in [4.69, 9.17) is 9.84 Å². The topological polar surface area (TPSA) is 105 Å². The maximum atomic E-state index is 12.6. The standard InChI is InChI=1S/C21H32N2O5/c1-3-5-12-17(19(25)14-24)22-20(26)18(13-6-4-2)23-21(27)28-15-16-10-8-7-9-11-16/h7-11,17-18,24H,3-6,12-15H2,1-2H3,(H,22,26)(H,23,27). The lowest BCUT2D eigenvalue weighted by Crippen LogP contribution is -2.52. The Labute approximate surface area is 166 Å². The molecule has 0 saturated carbocycles. The van der Waals surface area contributed by atoms with E-state index in [1.165, 1.54) is 0 Å². The molecule has 0 aliphatic heterocycles. The lowest BCUT2D eigenvalue weighted by atomic mass is 10.0. The molecule has 2 unspecified atom stereocenters. The molecular formula is C21H32N2O5. The SMILES string of the molecule is CCCCC(NC(=O)C(CCCC)NC(=O)OCc1ccccc1)C(=O)CO. The number of hydrogen-bond acceptors (Lipinski definition) is 5. The van der Waals surface area contributed by atoms with Crippen molar-refractivity contribution in [2.24, 2.45) is 0 Å².